The number of halogens is 2. The molecule has 0 saturated heterocycles. The van der Waals surface area contributed by atoms with Crippen molar-refractivity contribution in [2.45, 2.75) is 76.2 Å². The highest BCUT2D eigenvalue weighted by atomic mass is 19.1. The molecule has 3 aliphatic rings. The van der Waals surface area contributed by atoms with Gasteiger partial charge in [0.1, 0.15) is 17.2 Å². The van der Waals surface area contributed by atoms with Crippen LogP contribution in [0.4, 0.5) is 13.6 Å². The first-order valence-corrected chi connectivity index (χ1v) is 15.2. The molecule has 0 spiro atoms. The van der Waals surface area contributed by atoms with Gasteiger partial charge in [0.2, 0.25) is 5.91 Å². The summed E-state index contributed by atoms with van der Waals surface area (Å²) in [5.41, 5.74) is 2.65. The van der Waals surface area contributed by atoms with Crippen molar-refractivity contribution in [1.82, 2.24) is 15.5 Å². The molecule has 4 unspecified atom stereocenters. The first-order chi connectivity index (χ1) is 20.6. The lowest BCUT2D eigenvalue weighted by Gasteiger charge is -2.54. The van der Waals surface area contributed by atoms with E-state index in [1.54, 1.807) is 24.3 Å². The minimum atomic E-state index is -0.747. The van der Waals surface area contributed by atoms with E-state index in [4.69, 9.17) is 4.74 Å². The van der Waals surface area contributed by atoms with Gasteiger partial charge in [-0.3, -0.25) is 4.79 Å². The molecule has 2 amide bonds. The van der Waals surface area contributed by atoms with Crippen LogP contribution >= 0.6 is 0 Å². The minimum Gasteiger partial charge on any atom is -0.443 e. The number of carbonyl (C=O) groups is 2. The van der Waals surface area contributed by atoms with E-state index in [-0.39, 0.29) is 29.6 Å². The third-order valence-corrected chi connectivity index (χ3v) is 9.40. The Hall–Kier alpha value is -3.78. The molecular weight excluding hydrogens is 548 g/mol. The van der Waals surface area contributed by atoms with Crippen molar-refractivity contribution in [3.8, 4) is 0 Å². The van der Waals surface area contributed by atoms with Crippen molar-refractivity contribution >= 4 is 12.0 Å². The Morgan fingerprint density at radius 2 is 1.49 bits per heavy atom. The number of nitrogens with one attached hydrogen (secondary N) is 2. The summed E-state index contributed by atoms with van der Waals surface area (Å²) in [6.07, 6.45) is 3.65. The summed E-state index contributed by atoms with van der Waals surface area (Å²) in [5, 5.41) is 6.61. The Balaban J connectivity index is 1.15. The van der Waals surface area contributed by atoms with E-state index in [1.807, 2.05) is 24.0 Å². The van der Waals surface area contributed by atoms with Gasteiger partial charge in [-0.15, -0.1) is 0 Å². The van der Waals surface area contributed by atoms with Crippen LogP contribution in [-0.2, 0) is 22.6 Å². The van der Waals surface area contributed by atoms with Crippen molar-refractivity contribution in [2.24, 2.45) is 11.8 Å². The Morgan fingerprint density at radius 3 is 2.07 bits per heavy atom. The van der Waals surface area contributed by atoms with Crippen molar-refractivity contribution in [2.75, 3.05) is 6.54 Å². The van der Waals surface area contributed by atoms with Crippen molar-refractivity contribution in [1.29, 1.82) is 0 Å². The topological polar surface area (TPSA) is 70.7 Å². The lowest BCUT2D eigenvalue weighted by molar-refractivity contribution is -0.132. The summed E-state index contributed by atoms with van der Waals surface area (Å²) in [6.45, 7) is 5.75. The predicted molar refractivity (Wildman–Crippen MR) is 160 cm³/mol. The van der Waals surface area contributed by atoms with Gasteiger partial charge in [-0.1, -0.05) is 55.5 Å². The van der Waals surface area contributed by atoms with Gasteiger partial charge in [0, 0.05) is 25.0 Å². The molecule has 1 aliphatic heterocycles. The molecule has 2 saturated carbocycles. The second-order valence-corrected chi connectivity index (χ2v) is 13.2. The van der Waals surface area contributed by atoms with E-state index < -0.39 is 17.7 Å². The zero-order valence-corrected chi connectivity index (χ0v) is 24.7. The number of amides is 2. The maximum absolute atomic E-state index is 13.7. The highest BCUT2D eigenvalue weighted by Gasteiger charge is 2.51. The Morgan fingerprint density at radius 1 is 0.907 bits per heavy atom. The van der Waals surface area contributed by atoms with Crippen LogP contribution in [0.3, 0.4) is 0 Å². The minimum absolute atomic E-state index is 0.0766. The van der Waals surface area contributed by atoms with Gasteiger partial charge in [-0.2, -0.15) is 0 Å². The van der Waals surface area contributed by atoms with Crippen LogP contribution < -0.4 is 10.6 Å². The first kappa shape index (κ1) is 29.3. The molecule has 2 aliphatic carbocycles. The molecule has 2 fully saturated rings. The fourth-order valence-electron chi connectivity index (χ4n) is 7.95. The Labute approximate surface area is 251 Å². The summed E-state index contributed by atoms with van der Waals surface area (Å²) in [7, 11) is 0. The molecular formula is C35H39F2N3O3. The highest BCUT2D eigenvalue weighted by molar-refractivity contribution is 5.79. The van der Waals surface area contributed by atoms with Crippen molar-refractivity contribution in [3.05, 3.63) is 107 Å². The summed E-state index contributed by atoms with van der Waals surface area (Å²) in [6, 6.07) is 19.3. The molecule has 2 bridgehead atoms. The molecule has 3 aromatic carbocycles. The smallest absolute Gasteiger partial charge is 0.408 e. The molecule has 43 heavy (non-hydrogen) atoms. The number of benzene rings is 3. The van der Waals surface area contributed by atoms with E-state index in [0.29, 0.717) is 42.5 Å². The summed E-state index contributed by atoms with van der Waals surface area (Å²) >= 11 is 0. The summed E-state index contributed by atoms with van der Waals surface area (Å²) < 4.78 is 33.6. The number of hydrogen-bond donors (Lipinski definition) is 2. The number of nitrogens with zero attached hydrogens (tertiary/aromatic N) is 1. The standard InChI is InChI=1S/C35H39F2N3O3/c1-23-15-24-17-34(2,22-35(16-23,18-24)38-19-31(41)40-20-27-5-3-4-6-28(27)21-40)43-33(42)39-32(25-7-11-29(36)12-8-25)26-9-13-30(37)14-10-26/h3-14,23-24,32,38H,15-22H2,1-2H3,(H,39,42). The van der Waals surface area contributed by atoms with E-state index in [0.717, 1.165) is 25.7 Å². The van der Waals surface area contributed by atoms with E-state index >= 15 is 0 Å². The van der Waals surface area contributed by atoms with Crippen molar-refractivity contribution in [3.63, 3.8) is 0 Å². The lowest BCUT2D eigenvalue weighted by Crippen LogP contribution is -2.61. The fourth-order valence-corrected chi connectivity index (χ4v) is 7.95. The van der Waals surface area contributed by atoms with E-state index in [1.165, 1.54) is 35.4 Å². The number of ether oxygens (including phenoxy) is 1. The summed E-state index contributed by atoms with van der Waals surface area (Å²) in [5.74, 6) is 0.166. The monoisotopic (exact) mass is 587 g/mol. The number of fused-ring (bicyclic) bond motifs is 3. The van der Waals surface area contributed by atoms with Crippen LogP contribution in [0.1, 0.15) is 74.2 Å². The third kappa shape index (κ3) is 6.59. The summed E-state index contributed by atoms with van der Waals surface area (Å²) in [4.78, 5) is 28.7. The molecule has 1 heterocycles. The van der Waals surface area contributed by atoms with Crippen LogP contribution in [0.25, 0.3) is 0 Å². The SMILES string of the molecule is CC1CC2CC(NCC(=O)N3Cc4ccccc4C3)(C1)CC(C)(OC(=O)NC(c1ccc(F)cc1)c1ccc(F)cc1)C2. The molecule has 2 N–H and O–H groups in total. The number of carbonyl (C=O) groups excluding carboxylic acids is 2. The number of rotatable bonds is 7. The van der Waals surface area contributed by atoms with Gasteiger partial charge in [0.05, 0.1) is 12.6 Å². The maximum Gasteiger partial charge on any atom is 0.408 e. The molecule has 4 atom stereocenters. The Kier molecular flexibility index (Phi) is 7.98. The van der Waals surface area contributed by atoms with Crippen LogP contribution in [0, 0.1) is 23.5 Å². The average Bonchev–Trinajstić information content (AvgIpc) is 3.39. The molecule has 6 rings (SSSR count). The molecule has 3 aromatic rings. The molecule has 0 aromatic heterocycles. The average molecular weight is 588 g/mol. The van der Waals surface area contributed by atoms with Gasteiger partial charge >= 0.3 is 6.09 Å². The van der Waals surface area contributed by atoms with Crippen LogP contribution in [0.15, 0.2) is 72.8 Å². The third-order valence-electron chi connectivity index (χ3n) is 9.40. The fraction of sp³-hybridized carbons (Fsp3) is 0.429. The molecule has 8 heteroatoms. The molecule has 0 radical (unpaired) electrons. The van der Waals surface area contributed by atoms with E-state index in [9.17, 15) is 18.4 Å². The van der Waals surface area contributed by atoms with Gasteiger partial charge in [-0.25, -0.2) is 13.6 Å². The molecule has 6 nitrogen and oxygen atoms in total. The van der Waals surface area contributed by atoms with Gasteiger partial charge in [-0.05, 0) is 91.0 Å². The highest BCUT2D eigenvalue weighted by Crippen LogP contribution is 2.50. The lowest BCUT2D eigenvalue weighted by atomic mass is 9.59. The van der Waals surface area contributed by atoms with Crippen LogP contribution in [0.5, 0.6) is 0 Å². The van der Waals surface area contributed by atoms with Crippen LogP contribution in [-0.4, -0.2) is 34.6 Å². The number of alkyl carbamates (subject to hydrolysis) is 1. The second kappa shape index (κ2) is 11.7. The normalized spacial score (nSPS) is 26.2. The predicted octanol–water partition coefficient (Wildman–Crippen LogP) is 6.64. The number of hydrogen-bond acceptors (Lipinski definition) is 4. The van der Waals surface area contributed by atoms with Crippen LogP contribution in [0.2, 0.25) is 0 Å². The van der Waals surface area contributed by atoms with Gasteiger partial charge < -0.3 is 20.3 Å². The Bertz CT molecular complexity index is 1410. The van der Waals surface area contributed by atoms with Gasteiger partial charge in [0.15, 0.2) is 0 Å². The zero-order chi connectivity index (χ0) is 30.2. The first-order valence-electron chi connectivity index (χ1n) is 15.2. The zero-order valence-electron chi connectivity index (χ0n) is 24.7. The quantitative estimate of drug-likeness (QED) is 0.325. The maximum atomic E-state index is 13.7. The molecule has 226 valence electrons. The van der Waals surface area contributed by atoms with E-state index in [2.05, 4.69) is 29.7 Å². The van der Waals surface area contributed by atoms with Crippen molar-refractivity contribution < 1.29 is 23.1 Å². The van der Waals surface area contributed by atoms with Gasteiger partial charge in [0.25, 0.3) is 0 Å². The second-order valence-electron chi connectivity index (χ2n) is 13.2. The largest absolute Gasteiger partial charge is 0.443 e.